The molecule has 0 aliphatic rings. The first-order valence-electron chi connectivity index (χ1n) is 16.8. The van der Waals surface area contributed by atoms with Crippen LogP contribution in [-0.2, 0) is 0 Å². The van der Waals surface area contributed by atoms with Crippen molar-refractivity contribution in [3.63, 3.8) is 0 Å². The minimum absolute atomic E-state index is 0.623. The van der Waals surface area contributed by atoms with Crippen LogP contribution >= 0.6 is 0 Å². The van der Waals surface area contributed by atoms with Crippen molar-refractivity contribution in [1.82, 2.24) is 15.0 Å². The number of aryl methyl sites for hydroxylation is 1. The molecule has 9 rings (SSSR count). The molecule has 0 aliphatic heterocycles. The lowest BCUT2D eigenvalue weighted by Crippen LogP contribution is -2.00. The van der Waals surface area contributed by atoms with Gasteiger partial charge in [0.1, 0.15) is 11.2 Å². The van der Waals surface area contributed by atoms with Gasteiger partial charge in [-0.2, -0.15) is 0 Å². The number of fused-ring (bicyclic) bond motifs is 3. The zero-order valence-corrected chi connectivity index (χ0v) is 27.4. The predicted molar refractivity (Wildman–Crippen MR) is 204 cm³/mol. The molecule has 2 heterocycles. The maximum Gasteiger partial charge on any atom is 0.164 e. The second kappa shape index (κ2) is 12.4. The van der Waals surface area contributed by atoms with E-state index in [9.17, 15) is 0 Å². The van der Waals surface area contributed by atoms with Crippen molar-refractivity contribution < 1.29 is 4.42 Å². The highest BCUT2D eigenvalue weighted by Crippen LogP contribution is 2.38. The Kier molecular flexibility index (Phi) is 7.33. The Hall–Kier alpha value is -6.65. The summed E-state index contributed by atoms with van der Waals surface area (Å²) < 4.78 is 6.24. The Morgan fingerprint density at radius 1 is 0.360 bits per heavy atom. The van der Waals surface area contributed by atoms with Crippen molar-refractivity contribution in [3.8, 4) is 67.5 Å². The van der Waals surface area contributed by atoms with Crippen LogP contribution in [0.3, 0.4) is 0 Å². The van der Waals surface area contributed by atoms with Crippen LogP contribution in [0.25, 0.3) is 89.5 Å². The summed E-state index contributed by atoms with van der Waals surface area (Å²) in [4.78, 5) is 15.0. The fourth-order valence-electron chi connectivity index (χ4n) is 6.62. The van der Waals surface area contributed by atoms with Gasteiger partial charge in [-0.25, -0.2) is 15.0 Å². The first-order chi connectivity index (χ1) is 24.7. The Balaban J connectivity index is 1.12. The molecule has 0 unspecified atom stereocenters. The molecule has 2 aromatic heterocycles. The van der Waals surface area contributed by atoms with Crippen molar-refractivity contribution >= 4 is 21.9 Å². The fourth-order valence-corrected chi connectivity index (χ4v) is 6.62. The summed E-state index contributed by atoms with van der Waals surface area (Å²) in [5.41, 5.74) is 12.6. The summed E-state index contributed by atoms with van der Waals surface area (Å²) in [5.74, 6) is 1.88. The van der Waals surface area contributed by atoms with Gasteiger partial charge in [0.15, 0.2) is 17.5 Å². The van der Waals surface area contributed by atoms with Crippen LogP contribution in [0.2, 0.25) is 0 Å². The molecule has 0 fully saturated rings. The van der Waals surface area contributed by atoms with Gasteiger partial charge in [-0.05, 0) is 58.0 Å². The average molecular weight is 642 g/mol. The average Bonchev–Trinajstić information content (AvgIpc) is 3.56. The zero-order chi connectivity index (χ0) is 33.4. The molecule has 50 heavy (non-hydrogen) atoms. The van der Waals surface area contributed by atoms with Crippen LogP contribution in [0.5, 0.6) is 0 Å². The monoisotopic (exact) mass is 641 g/mol. The second-order valence-corrected chi connectivity index (χ2v) is 12.6. The highest BCUT2D eigenvalue weighted by Gasteiger charge is 2.15. The van der Waals surface area contributed by atoms with E-state index in [0.717, 1.165) is 60.9 Å². The number of hydrogen-bond acceptors (Lipinski definition) is 4. The molecule has 0 saturated carbocycles. The van der Waals surface area contributed by atoms with Crippen LogP contribution in [0.1, 0.15) is 5.56 Å². The van der Waals surface area contributed by atoms with E-state index in [-0.39, 0.29) is 0 Å². The Morgan fingerprint density at radius 3 is 1.30 bits per heavy atom. The molecular formula is C46H31N3O. The van der Waals surface area contributed by atoms with E-state index in [1.807, 2.05) is 18.2 Å². The SMILES string of the molecule is Cc1ccc2c(c1)oc1cccc(-c3ccc(-c4nc(-c5ccc(-c6ccccc6)cc5)nc(-c5ccc(-c6ccccc6)cc5)n4)cc3)c12. The lowest BCUT2D eigenvalue weighted by Gasteiger charge is -2.10. The van der Waals surface area contributed by atoms with Crippen molar-refractivity contribution in [2.45, 2.75) is 6.92 Å². The summed E-state index contributed by atoms with van der Waals surface area (Å²) >= 11 is 0. The molecule has 0 saturated heterocycles. The smallest absolute Gasteiger partial charge is 0.164 e. The third kappa shape index (κ3) is 5.53. The molecule has 0 radical (unpaired) electrons. The molecular weight excluding hydrogens is 611 g/mol. The van der Waals surface area contributed by atoms with Crippen molar-refractivity contribution in [2.24, 2.45) is 0 Å². The fraction of sp³-hybridized carbons (Fsp3) is 0.0217. The van der Waals surface area contributed by atoms with Gasteiger partial charge in [-0.15, -0.1) is 0 Å². The zero-order valence-electron chi connectivity index (χ0n) is 27.4. The lowest BCUT2D eigenvalue weighted by molar-refractivity contribution is 0.668. The highest BCUT2D eigenvalue weighted by atomic mass is 16.3. The third-order valence-electron chi connectivity index (χ3n) is 9.24. The summed E-state index contributed by atoms with van der Waals surface area (Å²) in [6, 6.07) is 58.7. The molecule has 4 nitrogen and oxygen atoms in total. The molecule has 0 spiro atoms. The minimum atomic E-state index is 0.623. The van der Waals surface area contributed by atoms with Crippen molar-refractivity contribution in [1.29, 1.82) is 0 Å². The number of benzene rings is 7. The van der Waals surface area contributed by atoms with Crippen LogP contribution in [-0.4, -0.2) is 15.0 Å². The quantitative estimate of drug-likeness (QED) is 0.181. The number of aromatic nitrogens is 3. The second-order valence-electron chi connectivity index (χ2n) is 12.6. The van der Waals surface area contributed by atoms with E-state index in [4.69, 9.17) is 19.4 Å². The molecule has 0 amide bonds. The molecule has 0 N–H and O–H groups in total. The maximum absolute atomic E-state index is 6.24. The first-order valence-corrected chi connectivity index (χ1v) is 16.8. The molecule has 236 valence electrons. The van der Waals surface area contributed by atoms with E-state index in [2.05, 4.69) is 159 Å². The lowest BCUT2D eigenvalue weighted by atomic mass is 9.98. The van der Waals surface area contributed by atoms with E-state index in [0.29, 0.717) is 17.5 Å². The topological polar surface area (TPSA) is 51.8 Å². The van der Waals surface area contributed by atoms with Gasteiger partial charge >= 0.3 is 0 Å². The van der Waals surface area contributed by atoms with Crippen LogP contribution in [0, 0.1) is 6.92 Å². The van der Waals surface area contributed by atoms with Crippen LogP contribution < -0.4 is 0 Å². The van der Waals surface area contributed by atoms with E-state index in [1.165, 1.54) is 16.7 Å². The standard InChI is InChI=1S/C46H31N3O/c1-30-15-28-40-42(29-30)50-41-14-8-13-39(43(40)41)35-20-26-38(27-21-35)46-48-44(36-22-16-33(17-23-36)31-9-4-2-5-10-31)47-45(49-46)37-24-18-34(19-25-37)32-11-6-3-7-12-32/h2-29H,1H3. The largest absolute Gasteiger partial charge is 0.456 e. The van der Waals surface area contributed by atoms with Gasteiger partial charge in [-0.1, -0.05) is 158 Å². The molecule has 9 aromatic rings. The number of furan rings is 1. The van der Waals surface area contributed by atoms with E-state index in [1.54, 1.807) is 0 Å². The van der Waals surface area contributed by atoms with Gasteiger partial charge in [0.2, 0.25) is 0 Å². The van der Waals surface area contributed by atoms with E-state index >= 15 is 0 Å². The maximum atomic E-state index is 6.24. The molecule has 7 aromatic carbocycles. The summed E-state index contributed by atoms with van der Waals surface area (Å²) in [5, 5.41) is 2.24. The Bertz CT molecular complexity index is 2510. The number of hydrogen-bond donors (Lipinski definition) is 0. The molecule has 0 atom stereocenters. The Labute approximate surface area is 290 Å². The van der Waals surface area contributed by atoms with Crippen molar-refractivity contribution in [3.05, 3.63) is 175 Å². The molecule has 0 bridgehead atoms. The Morgan fingerprint density at radius 2 is 0.800 bits per heavy atom. The third-order valence-corrected chi connectivity index (χ3v) is 9.24. The predicted octanol–water partition coefficient (Wildman–Crippen LogP) is 12.1. The van der Waals surface area contributed by atoms with Crippen LogP contribution in [0.4, 0.5) is 0 Å². The van der Waals surface area contributed by atoms with E-state index < -0.39 is 0 Å². The van der Waals surface area contributed by atoms with Gasteiger partial charge < -0.3 is 4.42 Å². The van der Waals surface area contributed by atoms with Gasteiger partial charge in [0, 0.05) is 27.5 Å². The number of rotatable bonds is 6. The number of nitrogens with zero attached hydrogens (tertiary/aromatic N) is 3. The first kappa shape index (κ1) is 29.5. The molecule has 0 aliphatic carbocycles. The molecule has 4 heteroatoms. The van der Waals surface area contributed by atoms with Crippen LogP contribution in [0.15, 0.2) is 174 Å². The highest BCUT2D eigenvalue weighted by molar-refractivity contribution is 6.12. The van der Waals surface area contributed by atoms with Gasteiger partial charge in [0.25, 0.3) is 0 Å². The van der Waals surface area contributed by atoms with Crippen molar-refractivity contribution in [2.75, 3.05) is 0 Å². The summed E-state index contributed by atoms with van der Waals surface area (Å²) in [7, 11) is 0. The van der Waals surface area contributed by atoms with Gasteiger partial charge in [0.05, 0.1) is 0 Å². The minimum Gasteiger partial charge on any atom is -0.456 e. The normalized spacial score (nSPS) is 11.3. The summed E-state index contributed by atoms with van der Waals surface area (Å²) in [6.45, 7) is 2.09. The summed E-state index contributed by atoms with van der Waals surface area (Å²) in [6.07, 6.45) is 0. The van der Waals surface area contributed by atoms with Gasteiger partial charge in [-0.3, -0.25) is 0 Å².